The fourth-order valence-corrected chi connectivity index (χ4v) is 1.70. The predicted octanol–water partition coefficient (Wildman–Crippen LogP) is -1.74. The first-order valence-electron chi connectivity index (χ1n) is 4.02. The highest BCUT2D eigenvalue weighted by Crippen LogP contribution is 2.34. The Labute approximate surface area is 70.1 Å². The summed E-state index contributed by atoms with van der Waals surface area (Å²) in [5.74, 6) is -0.377. The number of carbonyl (C=O) groups is 1. The first kappa shape index (κ1) is 7.97. The number of carbonyl (C=O) groups excluding carboxylic acids is 1. The van der Waals surface area contributed by atoms with Crippen molar-refractivity contribution >= 4 is 5.91 Å². The molecule has 3 N–H and O–H groups in total. The summed E-state index contributed by atoms with van der Waals surface area (Å²) in [6.45, 7) is 0.669. The van der Waals surface area contributed by atoms with Crippen molar-refractivity contribution in [3.8, 4) is 0 Å². The van der Waals surface area contributed by atoms with E-state index in [-0.39, 0.29) is 30.9 Å². The van der Waals surface area contributed by atoms with Gasteiger partial charge in [0, 0.05) is 13.0 Å². The van der Waals surface area contributed by atoms with Crippen LogP contribution < -0.4 is 5.73 Å². The molecular formula is C7H12N2O3. The molecule has 1 amide bonds. The maximum Gasteiger partial charge on any atom is 0.231 e. The van der Waals surface area contributed by atoms with E-state index in [1.54, 1.807) is 4.90 Å². The number of rotatable bonds is 2. The fraction of sp³-hybridized carbons (Fsp3) is 0.857. The monoisotopic (exact) mass is 172 g/mol. The van der Waals surface area contributed by atoms with E-state index in [2.05, 4.69) is 0 Å². The molecule has 2 saturated heterocycles. The zero-order chi connectivity index (χ0) is 8.72. The highest BCUT2D eigenvalue weighted by atomic mass is 16.6. The number of likely N-dealkylation sites (tertiary alicyclic amines) is 1. The van der Waals surface area contributed by atoms with Crippen LogP contribution in [0.3, 0.4) is 0 Å². The van der Waals surface area contributed by atoms with Crippen molar-refractivity contribution < 1.29 is 14.6 Å². The average Bonchev–Trinajstić information content (AvgIpc) is 2.64. The summed E-state index contributed by atoms with van der Waals surface area (Å²) in [6.07, 6.45) is 0.446. The minimum atomic E-state index is -0.381. The van der Waals surface area contributed by atoms with Gasteiger partial charge in [0.05, 0.1) is 12.6 Å². The molecule has 2 aliphatic rings. The van der Waals surface area contributed by atoms with Crippen molar-refractivity contribution in [2.75, 3.05) is 13.1 Å². The molecule has 0 saturated carbocycles. The molecule has 2 heterocycles. The molecule has 68 valence electrons. The molecule has 0 aliphatic carbocycles. The van der Waals surface area contributed by atoms with Crippen molar-refractivity contribution in [1.29, 1.82) is 0 Å². The molecule has 2 fully saturated rings. The summed E-state index contributed by atoms with van der Waals surface area (Å²) < 4.78 is 5.22. The number of β-amino-alcohol motifs (C(OH)–C–C–N with tert-alkyl or cyclic N) is 1. The summed E-state index contributed by atoms with van der Waals surface area (Å²) in [6, 6.07) is 0. The molecule has 5 nitrogen and oxygen atoms in total. The van der Waals surface area contributed by atoms with Crippen molar-refractivity contribution in [1.82, 2.24) is 4.90 Å². The highest BCUT2D eigenvalue weighted by molar-refractivity contribution is 5.76. The van der Waals surface area contributed by atoms with E-state index >= 15 is 0 Å². The fourth-order valence-electron chi connectivity index (χ4n) is 1.70. The topological polar surface area (TPSA) is 79.1 Å². The van der Waals surface area contributed by atoms with Crippen LogP contribution in [0, 0.1) is 0 Å². The van der Waals surface area contributed by atoms with Gasteiger partial charge in [-0.1, -0.05) is 0 Å². The molecule has 0 radical (unpaired) electrons. The van der Waals surface area contributed by atoms with Gasteiger partial charge in [-0.2, -0.15) is 0 Å². The lowest BCUT2D eigenvalue weighted by Crippen LogP contribution is -2.45. The van der Waals surface area contributed by atoms with Crippen molar-refractivity contribution in [2.45, 2.75) is 24.9 Å². The van der Waals surface area contributed by atoms with Crippen LogP contribution in [-0.2, 0) is 9.53 Å². The molecule has 0 aromatic heterocycles. The first-order valence-corrected chi connectivity index (χ1v) is 4.02. The van der Waals surface area contributed by atoms with Crippen LogP contribution in [0.25, 0.3) is 0 Å². The Hall–Kier alpha value is -0.650. The van der Waals surface area contributed by atoms with Gasteiger partial charge in [-0.3, -0.25) is 9.69 Å². The van der Waals surface area contributed by atoms with Crippen LogP contribution in [0.1, 0.15) is 6.42 Å². The van der Waals surface area contributed by atoms with Gasteiger partial charge in [0.25, 0.3) is 0 Å². The molecule has 0 aromatic rings. The van der Waals surface area contributed by atoms with Crippen LogP contribution in [0.2, 0.25) is 0 Å². The number of ether oxygens (including phenoxy) is 1. The van der Waals surface area contributed by atoms with Crippen LogP contribution in [0.4, 0.5) is 0 Å². The van der Waals surface area contributed by atoms with Crippen LogP contribution in [-0.4, -0.2) is 47.4 Å². The van der Waals surface area contributed by atoms with E-state index in [0.29, 0.717) is 13.0 Å². The summed E-state index contributed by atoms with van der Waals surface area (Å²) in [5, 5.41) is 9.32. The maximum absolute atomic E-state index is 10.6. The van der Waals surface area contributed by atoms with Gasteiger partial charge in [-0.15, -0.1) is 0 Å². The Bertz CT molecular complexity index is 209. The zero-order valence-corrected chi connectivity index (χ0v) is 6.64. The molecule has 12 heavy (non-hydrogen) atoms. The minimum absolute atomic E-state index is 0.0286. The second kappa shape index (κ2) is 2.69. The second-order valence-electron chi connectivity index (χ2n) is 3.35. The van der Waals surface area contributed by atoms with E-state index in [1.165, 1.54) is 0 Å². The van der Waals surface area contributed by atoms with Crippen molar-refractivity contribution in [3.05, 3.63) is 0 Å². The molecule has 3 unspecified atom stereocenters. The summed E-state index contributed by atoms with van der Waals surface area (Å²) in [5.41, 5.74) is 5.03. The lowest BCUT2D eigenvalue weighted by atomic mass is 10.1. The number of aliphatic hydroxyl groups excluding tert-OH is 1. The Balaban J connectivity index is 1.92. The largest absolute Gasteiger partial charge is 0.392 e. The number of primary amides is 1. The third-order valence-corrected chi connectivity index (χ3v) is 2.22. The number of hydrogen-bond acceptors (Lipinski definition) is 4. The Morgan fingerprint density at radius 2 is 2.50 bits per heavy atom. The number of piperidine rings is 1. The Morgan fingerprint density at radius 1 is 1.75 bits per heavy atom. The number of epoxide rings is 1. The summed E-state index contributed by atoms with van der Waals surface area (Å²) in [4.78, 5) is 12.4. The molecule has 2 aliphatic heterocycles. The standard InChI is InChI=1S/C7H12N2O3/c8-6(11)3-9-2-4(10)1-5-7(9)12-5/h4-5,7,10H,1-3H2,(H2,8,11). The van der Waals surface area contributed by atoms with Gasteiger partial charge in [0.15, 0.2) is 0 Å². The molecule has 0 bridgehead atoms. The number of amides is 1. The van der Waals surface area contributed by atoms with Crippen LogP contribution in [0.5, 0.6) is 0 Å². The number of nitrogens with two attached hydrogens (primary N) is 1. The maximum atomic E-state index is 10.6. The average molecular weight is 172 g/mol. The Morgan fingerprint density at radius 3 is 3.17 bits per heavy atom. The van der Waals surface area contributed by atoms with E-state index in [0.717, 1.165) is 0 Å². The zero-order valence-electron chi connectivity index (χ0n) is 6.64. The highest BCUT2D eigenvalue weighted by Gasteiger charge is 2.49. The lowest BCUT2D eigenvalue weighted by Gasteiger charge is -2.25. The lowest BCUT2D eigenvalue weighted by molar-refractivity contribution is -0.120. The van der Waals surface area contributed by atoms with E-state index in [1.807, 2.05) is 0 Å². The van der Waals surface area contributed by atoms with Crippen molar-refractivity contribution in [3.63, 3.8) is 0 Å². The molecule has 3 atom stereocenters. The molecular weight excluding hydrogens is 160 g/mol. The summed E-state index contributed by atoms with van der Waals surface area (Å²) >= 11 is 0. The number of aliphatic hydroxyl groups is 1. The van der Waals surface area contributed by atoms with Gasteiger partial charge in [0.2, 0.25) is 5.91 Å². The SMILES string of the molecule is NC(=O)CN1CC(O)CC2OC21. The predicted molar refractivity (Wildman–Crippen MR) is 40.1 cm³/mol. The van der Waals surface area contributed by atoms with Gasteiger partial charge >= 0.3 is 0 Å². The van der Waals surface area contributed by atoms with Crippen molar-refractivity contribution in [2.24, 2.45) is 5.73 Å². The van der Waals surface area contributed by atoms with E-state index in [4.69, 9.17) is 10.5 Å². The van der Waals surface area contributed by atoms with Crippen LogP contribution in [0.15, 0.2) is 0 Å². The number of fused-ring (bicyclic) bond motifs is 1. The smallest absolute Gasteiger partial charge is 0.231 e. The van der Waals surface area contributed by atoms with Gasteiger partial charge < -0.3 is 15.6 Å². The minimum Gasteiger partial charge on any atom is -0.392 e. The molecule has 0 aromatic carbocycles. The molecule has 0 spiro atoms. The van der Waals surface area contributed by atoms with E-state index < -0.39 is 0 Å². The quantitative estimate of drug-likeness (QED) is 0.485. The third kappa shape index (κ3) is 1.43. The number of nitrogens with zero attached hydrogens (tertiary/aromatic N) is 1. The summed E-state index contributed by atoms with van der Waals surface area (Å²) in [7, 11) is 0. The van der Waals surface area contributed by atoms with E-state index in [9.17, 15) is 9.90 Å². The molecule has 5 heteroatoms. The van der Waals surface area contributed by atoms with Gasteiger partial charge in [-0.25, -0.2) is 0 Å². The third-order valence-electron chi connectivity index (χ3n) is 2.22. The Kier molecular flexibility index (Phi) is 1.79. The number of hydrogen-bond donors (Lipinski definition) is 2. The normalized spacial score (nSPS) is 40.6. The van der Waals surface area contributed by atoms with Crippen LogP contribution >= 0.6 is 0 Å². The molecule has 2 rings (SSSR count). The second-order valence-corrected chi connectivity index (χ2v) is 3.35. The van der Waals surface area contributed by atoms with Gasteiger partial charge in [-0.05, 0) is 0 Å². The van der Waals surface area contributed by atoms with Gasteiger partial charge in [0.1, 0.15) is 12.3 Å². The first-order chi connectivity index (χ1) is 5.66.